The van der Waals surface area contributed by atoms with Gasteiger partial charge in [0.05, 0.1) is 18.8 Å². The van der Waals surface area contributed by atoms with E-state index in [0.717, 1.165) is 17.4 Å². The number of aromatic nitrogens is 3. The molecule has 2 aromatic heterocycles. The Morgan fingerprint density at radius 3 is 2.88 bits per heavy atom. The highest BCUT2D eigenvalue weighted by molar-refractivity contribution is 5.03. The summed E-state index contributed by atoms with van der Waals surface area (Å²) in [6.07, 6.45) is 1.68. The molecule has 1 N–H and O–H groups in total. The molecular weight excluding hydrogens is 204 g/mol. The first kappa shape index (κ1) is 10.9. The minimum atomic E-state index is 0.173. The second-order valence-electron chi connectivity index (χ2n) is 3.84. The SMILES string of the molecule is Cc1nnc(CN[C@@H](C)c2ccco2)n1C. The van der Waals surface area contributed by atoms with Crippen molar-refractivity contribution in [1.82, 2.24) is 20.1 Å². The minimum absolute atomic E-state index is 0.173. The van der Waals surface area contributed by atoms with E-state index < -0.39 is 0 Å². The molecular formula is C11H16N4O. The zero-order chi connectivity index (χ0) is 11.5. The van der Waals surface area contributed by atoms with Crippen LogP contribution in [-0.4, -0.2) is 14.8 Å². The summed E-state index contributed by atoms with van der Waals surface area (Å²) in [5.41, 5.74) is 0. The number of hydrogen-bond acceptors (Lipinski definition) is 4. The molecule has 5 nitrogen and oxygen atoms in total. The van der Waals surface area contributed by atoms with Crippen molar-refractivity contribution in [2.45, 2.75) is 26.4 Å². The lowest BCUT2D eigenvalue weighted by Gasteiger charge is -2.10. The number of rotatable bonds is 4. The molecule has 86 valence electrons. The van der Waals surface area contributed by atoms with Gasteiger partial charge >= 0.3 is 0 Å². The number of hydrogen-bond donors (Lipinski definition) is 1. The zero-order valence-electron chi connectivity index (χ0n) is 9.77. The van der Waals surface area contributed by atoms with Gasteiger partial charge in [0, 0.05) is 7.05 Å². The van der Waals surface area contributed by atoms with Crippen LogP contribution in [0.4, 0.5) is 0 Å². The second-order valence-corrected chi connectivity index (χ2v) is 3.84. The Hall–Kier alpha value is -1.62. The Labute approximate surface area is 94.5 Å². The third-order valence-corrected chi connectivity index (χ3v) is 2.72. The van der Waals surface area contributed by atoms with Crippen molar-refractivity contribution in [3.05, 3.63) is 35.8 Å². The lowest BCUT2D eigenvalue weighted by molar-refractivity contribution is 0.424. The molecule has 0 aromatic carbocycles. The van der Waals surface area contributed by atoms with Crippen LogP contribution in [0.25, 0.3) is 0 Å². The molecule has 0 unspecified atom stereocenters. The van der Waals surface area contributed by atoms with E-state index in [1.54, 1.807) is 6.26 Å². The third-order valence-electron chi connectivity index (χ3n) is 2.72. The molecule has 0 aliphatic rings. The van der Waals surface area contributed by atoms with E-state index in [9.17, 15) is 0 Å². The summed E-state index contributed by atoms with van der Waals surface area (Å²) in [6, 6.07) is 4.02. The van der Waals surface area contributed by atoms with Crippen LogP contribution >= 0.6 is 0 Å². The number of nitrogens with zero attached hydrogens (tertiary/aromatic N) is 3. The maximum Gasteiger partial charge on any atom is 0.146 e. The van der Waals surface area contributed by atoms with Gasteiger partial charge in [-0.25, -0.2) is 0 Å². The molecule has 16 heavy (non-hydrogen) atoms. The third kappa shape index (κ3) is 2.14. The Bertz CT molecular complexity index is 447. The van der Waals surface area contributed by atoms with Gasteiger partial charge in [0.1, 0.15) is 17.4 Å². The van der Waals surface area contributed by atoms with Crippen LogP contribution < -0.4 is 5.32 Å². The van der Waals surface area contributed by atoms with E-state index in [1.807, 2.05) is 30.7 Å². The van der Waals surface area contributed by atoms with Crippen LogP contribution in [0.1, 0.15) is 30.4 Å². The van der Waals surface area contributed by atoms with Crippen molar-refractivity contribution in [2.75, 3.05) is 0 Å². The average Bonchev–Trinajstić information content (AvgIpc) is 2.89. The standard InChI is InChI=1S/C11H16N4O/c1-8(10-5-4-6-16-10)12-7-11-14-13-9(2)15(11)3/h4-6,8,12H,7H2,1-3H3/t8-/m0/s1. The van der Waals surface area contributed by atoms with Crippen molar-refractivity contribution < 1.29 is 4.42 Å². The van der Waals surface area contributed by atoms with Crippen LogP contribution in [0.2, 0.25) is 0 Å². The van der Waals surface area contributed by atoms with Crippen LogP contribution in [0.15, 0.2) is 22.8 Å². The fourth-order valence-corrected chi connectivity index (χ4v) is 1.49. The van der Waals surface area contributed by atoms with E-state index in [-0.39, 0.29) is 6.04 Å². The topological polar surface area (TPSA) is 55.9 Å². The molecule has 0 aliphatic carbocycles. The van der Waals surface area contributed by atoms with Gasteiger partial charge in [0.2, 0.25) is 0 Å². The lowest BCUT2D eigenvalue weighted by atomic mass is 10.2. The van der Waals surface area contributed by atoms with Gasteiger partial charge < -0.3 is 14.3 Å². The fourth-order valence-electron chi connectivity index (χ4n) is 1.49. The summed E-state index contributed by atoms with van der Waals surface area (Å²) in [5, 5.41) is 11.4. The summed E-state index contributed by atoms with van der Waals surface area (Å²) < 4.78 is 7.29. The predicted octanol–water partition coefficient (Wildman–Crippen LogP) is 1.57. The summed E-state index contributed by atoms with van der Waals surface area (Å²) in [5.74, 6) is 2.78. The van der Waals surface area contributed by atoms with Crippen molar-refractivity contribution >= 4 is 0 Å². The predicted molar refractivity (Wildman–Crippen MR) is 59.7 cm³/mol. The van der Waals surface area contributed by atoms with Gasteiger partial charge in [-0.1, -0.05) is 0 Å². The molecule has 2 rings (SSSR count). The van der Waals surface area contributed by atoms with Crippen LogP contribution in [-0.2, 0) is 13.6 Å². The van der Waals surface area contributed by atoms with Crippen molar-refractivity contribution in [1.29, 1.82) is 0 Å². The fraction of sp³-hybridized carbons (Fsp3) is 0.455. The van der Waals surface area contributed by atoms with Crippen LogP contribution in [0.3, 0.4) is 0 Å². The van der Waals surface area contributed by atoms with Gasteiger partial charge in [-0.05, 0) is 26.0 Å². The first-order chi connectivity index (χ1) is 7.68. The highest BCUT2D eigenvalue weighted by Gasteiger charge is 2.10. The monoisotopic (exact) mass is 220 g/mol. The molecule has 0 spiro atoms. The first-order valence-electron chi connectivity index (χ1n) is 5.30. The van der Waals surface area contributed by atoms with Crippen molar-refractivity contribution in [3.8, 4) is 0 Å². The summed E-state index contributed by atoms with van der Waals surface area (Å²) in [7, 11) is 1.96. The molecule has 0 saturated carbocycles. The zero-order valence-corrected chi connectivity index (χ0v) is 9.77. The molecule has 5 heteroatoms. The number of aryl methyl sites for hydroxylation is 1. The maximum atomic E-state index is 5.31. The molecule has 2 aromatic rings. The van der Waals surface area contributed by atoms with Crippen LogP contribution in [0, 0.1) is 6.92 Å². The molecule has 0 saturated heterocycles. The quantitative estimate of drug-likeness (QED) is 0.849. The Morgan fingerprint density at radius 2 is 2.31 bits per heavy atom. The molecule has 1 atom stereocenters. The molecule has 2 heterocycles. The van der Waals surface area contributed by atoms with E-state index >= 15 is 0 Å². The number of furan rings is 1. The highest BCUT2D eigenvalue weighted by atomic mass is 16.3. The first-order valence-corrected chi connectivity index (χ1v) is 5.30. The van der Waals surface area contributed by atoms with Gasteiger partial charge in [-0.3, -0.25) is 0 Å². The normalized spacial score (nSPS) is 12.9. The number of nitrogens with one attached hydrogen (secondary N) is 1. The molecule has 0 amide bonds. The highest BCUT2D eigenvalue weighted by Crippen LogP contribution is 2.12. The van der Waals surface area contributed by atoms with E-state index in [1.165, 1.54) is 0 Å². The largest absolute Gasteiger partial charge is 0.468 e. The molecule has 0 bridgehead atoms. The van der Waals surface area contributed by atoms with E-state index in [2.05, 4.69) is 22.4 Å². The van der Waals surface area contributed by atoms with E-state index in [4.69, 9.17) is 4.42 Å². The minimum Gasteiger partial charge on any atom is -0.468 e. The smallest absolute Gasteiger partial charge is 0.146 e. The van der Waals surface area contributed by atoms with Gasteiger partial charge in [0.25, 0.3) is 0 Å². The van der Waals surface area contributed by atoms with Crippen molar-refractivity contribution in [3.63, 3.8) is 0 Å². The molecule has 0 aliphatic heterocycles. The van der Waals surface area contributed by atoms with Gasteiger partial charge in [-0.2, -0.15) is 0 Å². The van der Waals surface area contributed by atoms with Gasteiger partial charge in [-0.15, -0.1) is 10.2 Å². The Balaban J connectivity index is 1.95. The Kier molecular flexibility index (Phi) is 3.05. The second kappa shape index (κ2) is 4.49. The lowest BCUT2D eigenvalue weighted by Crippen LogP contribution is -2.20. The van der Waals surface area contributed by atoms with E-state index in [0.29, 0.717) is 6.54 Å². The summed E-state index contributed by atoms with van der Waals surface area (Å²) in [4.78, 5) is 0. The summed E-state index contributed by atoms with van der Waals surface area (Å²) >= 11 is 0. The maximum absolute atomic E-state index is 5.31. The summed E-state index contributed by atoms with van der Waals surface area (Å²) in [6.45, 7) is 4.67. The van der Waals surface area contributed by atoms with Gasteiger partial charge in [0.15, 0.2) is 0 Å². The molecule has 0 radical (unpaired) electrons. The van der Waals surface area contributed by atoms with Crippen LogP contribution in [0.5, 0.6) is 0 Å². The average molecular weight is 220 g/mol. The Morgan fingerprint density at radius 1 is 1.50 bits per heavy atom. The van der Waals surface area contributed by atoms with Crippen molar-refractivity contribution in [2.24, 2.45) is 7.05 Å². The molecule has 0 fully saturated rings.